The predicted molar refractivity (Wildman–Crippen MR) is 123 cm³/mol. The molecular weight excluding hydrogens is 470 g/mol. The first kappa shape index (κ1) is 22.3. The number of rotatable bonds is 7. The first-order valence-electron chi connectivity index (χ1n) is 10.7. The van der Waals surface area contributed by atoms with E-state index in [1.54, 1.807) is 12.1 Å². The van der Waals surface area contributed by atoms with Crippen molar-refractivity contribution in [3.63, 3.8) is 0 Å². The number of ether oxygens (including phenoxy) is 2. The minimum Gasteiger partial charge on any atom is -0.486 e. The molecule has 9 heteroatoms. The Labute approximate surface area is 200 Å². The number of benzene rings is 2. The van der Waals surface area contributed by atoms with Crippen LogP contribution in [0.1, 0.15) is 25.7 Å². The Morgan fingerprint density at radius 2 is 1.97 bits per heavy atom. The number of likely N-dealkylation sites (N-methyl/N-ethyl adjacent to an activating group) is 1. The molecule has 0 aromatic heterocycles. The lowest BCUT2D eigenvalue weighted by molar-refractivity contribution is -0.175. The summed E-state index contributed by atoms with van der Waals surface area (Å²) in [4.78, 5) is 27.2. The number of ketones is 1. The normalized spacial score (nSPS) is 26.9. The van der Waals surface area contributed by atoms with Crippen LogP contribution >= 0.6 is 23.2 Å². The van der Waals surface area contributed by atoms with E-state index in [1.807, 2.05) is 18.0 Å². The summed E-state index contributed by atoms with van der Waals surface area (Å²) in [6, 6.07) is 9.42. The summed E-state index contributed by atoms with van der Waals surface area (Å²) in [5.41, 5.74) is 0.532. The highest BCUT2D eigenvalue weighted by Crippen LogP contribution is 2.69. The fraction of sp³-hybridized carbons (Fsp3) is 0.417. The summed E-state index contributed by atoms with van der Waals surface area (Å²) in [6.07, 6.45) is 2.08. The maximum absolute atomic E-state index is 13.5. The standard InChI is InChI=1S/C24H23Cl2FN2O4/c1-29-9-21(33-20-5-2-14(25)6-19(20)29)22(31)28-24-11-23(12-24,13-24)8-15(30)10-32-16-3-4-17(26)18(27)7-16/h2-7,21H,8-13H2,1H3,(H,28,31)/t21-,23?,24?/m0/s1. The van der Waals surface area contributed by atoms with E-state index in [-0.39, 0.29) is 40.0 Å². The van der Waals surface area contributed by atoms with Crippen LogP contribution in [0.5, 0.6) is 11.5 Å². The lowest BCUT2D eigenvalue weighted by Crippen LogP contribution is -2.76. The summed E-state index contributed by atoms with van der Waals surface area (Å²) < 4.78 is 24.8. The van der Waals surface area contributed by atoms with Crippen LogP contribution in [0.3, 0.4) is 0 Å². The van der Waals surface area contributed by atoms with Crippen molar-refractivity contribution in [2.24, 2.45) is 5.41 Å². The fourth-order valence-corrected chi connectivity index (χ4v) is 5.71. The number of nitrogens with zero attached hydrogens (tertiary/aromatic N) is 1. The Morgan fingerprint density at radius 1 is 1.21 bits per heavy atom. The largest absolute Gasteiger partial charge is 0.486 e. The van der Waals surface area contributed by atoms with Crippen LogP contribution in [0.15, 0.2) is 36.4 Å². The molecule has 3 fully saturated rings. The van der Waals surface area contributed by atoms with E-state index in [0.717, 1.165) is 24.9 Å². The van der Waals surface area contributed by atoms with Crippen molar-refractivity contribution in [3.05, 3.63) is 52.3 Å². The number of carbonyl (C=O) groups excluding carboxylic acids is 2. The molecule has 33 heavy (non-hydrogen) atoms. The minimum absolute atomic E-state index is 0.00812. The smallest absolute Gasteiger partial charge is 0.263 e. The first-order chi connectivity index (χ1) is 15.7. The predicted octanol–water partition coefficient (Wildman–Crippen LogP) is 4.41. The molecule has 0 unspecified atom stereocenters. The van der Waals surface area contributed by atoms with Gasteiger partial charge in [-0.15, -0.1) is 0 Å². The van der Waals surface area contributed by atoms with Crippen LogP contribution in [0.4, 0.5) is 10.1 Å². The van der Waals surface area contributed by atoms with Gasteiger partial charge in [0.2, 0.25) is 0 Å². The molecule has 2 aromatic rings. The molecule has 2 bridgehead atoms. The number of hydrogen-bond donors (Lipinski definition) is 1. The quantitative estimate of drug-likeness (QED) is 0.619. The highest BCUT2D eigenvalue weighted by Gasteiger charge is 2.68. The van der Waals surface area contributed by atoms with Gasteiger partial charge in [-0.2, -0.15) is 0 Å². The molecule has 1 N–H and O–H groups in total. The van der Waals surface area contributed by atoms with Gasteiger partial charge in [0.15, 0.2) is 11.9 Å². The summed E-state index contributed by atoms with van der Waals surface area (Å²) >= 11 is 11.7. The van der Waals surface area contributed by atoms with E-state index in [2.05, 4.69) is 5.32 Å². The van der Waals surface area contributed by atoms with Crippen LogP contribution in [-0.4, -0.2) is 43.5 Å². The number of nitrogens with one attached hydrogen (secondary N) is 1. The van der Waals surface area contributed by atoms with Gasteiger partial charge in [0, 0.05) is 30.1 Å². The summed E-state index contributed by atoms with van der Waals surface area (Å²) in [5, 5.41) is 3.77. The number of amides is 1. The molecule has 1 heterocycles. The summed E-state index contributed by atoms with van der Waals surface area (Å²) in [7, 11) is 1.90. The van der Waals surface area contributed by atoms with Crippen molar-refractivity contribution in [2.45, 2.75) is 37.3 Å². The van der Waals surface area contributed by atoms with Crippen LogP contribution < -0.4 is 19.7 Å². The van der Waals surface area contributed by atoms with Gasteiger partial charge in [0.25, 0.3) is 5.91 Å². The van der Waals surface area contributed by atoms with E-state index in [0.29, 0.717) is 23.7 Å². The van der Waals surface area contributed by atoms with E-state index >= 15 is 0 Å². The molecule has 0 radical (unpaired) electrons. The van der Waals surface area contributed by atoms with E-state index < -0.39 is 11.9 Å². The highest BCUT2D eigenvalue weighted by molar-refractivity contribution is 6.31. The van der Waals surface area contributed by atoms with E-state index in [1.165, 1.54) is 18.2 Å². The third kappa shape index (κ3) is 4.24. The topological polar surface area (TPSA) is 67.9 Å². The molecule has 0 saturated heterocycles. The van der Waals surface area contributed by atoms with Gasteiger partial charge in [0.05, 0.1) is 17.3 Å². The number of Topliss-reactive ketones (excluding diaryl/α,β-unsaturated/α-hetero) is 1. The Hall–Kier alpha value is -2.51. The molecule has 174 valence electrons. The van der Waals surface area contributed by atoms with Crippen molar-refractivity contribution >= 4 is 40.6 Å². The third-order valence-electron chi connectivity index (χ3n) is 6.73. The van der Waals surface area contributed by atoms with Gasteiger partial charge in [-0.25, -0.2) is 4.39 Å². The maximum Gasteiger partial charge on any atom is 0.263 e. The van der Waals surface area contributed by atoms with E-state index in [4.69, 9.17) is 32.7 Å². The second kappa shape index (κ2) is 8.06. The average molecular weight is 493 g/mol. The van der Waals surface area contributed by atoms with Crippen LogP contribution in [0.2, 0.25) is 10.0 Å². The molecule has 3 saturated carbocycles. The zero-order chi connectivity index (χ0) is 23.4. The Kier molecular flexibility index (Phi) is 5.45. The van der Waals surface area contributed by atoms with Gasteiger partial charge in [0.1, 0.15) is 23.9 Å². The highest BCUT2D eigenvalue weighted by atomic mass is 35.5. The molecule has 2 aromatic carbocycles. The van der Waals surface area contributed by atoms with Crippen molar-refractivity contribution in [1.82, 2.24) is 5.32 Å². The van der Waals surface area contributed by atoms with Crippen molar-refractivity contribution in [2.75, 3.05) is 25.1 Å². The second-order valence-corrected chi connectivity index (χ2v) is 10.3. The molecule has 3 aliphatic carbocycles. The number of halogens is 3. The SMILES string of the molecule is CN1C[C@@H](C(=O)NC23CC(CC(=O)COc4ccc(Cl)c(F)c4)(C2)C3)Oc2ccc(Cl)cc21. The Morgan fingerprint density at radius 3 is 2.70 bits per heavy atom. The molecule has 6 nitrogen and oxygen atoms in total. The number of anilines is 1. The lowest BCUT2D eigenvalue weighted by atomic mass is 9.38. The van der Waals surface area contributed by atoms with Gasteiger partial charge in [-0.05, 0) is 55.0 Å². The second-order valence-electron chi connectivity index (χ2n) is 9.48. The third-order valence-corrected chi connectivity index (χ3v) is 7.27. The number of fused-ring (bicyclic) bond motifs is 1. The average Bonchev–Trinajstić information content (AvgIpc) is 2.72. The number of carbonyl (C=O) groups is 2. The summed E-state index contributed by atoms with van der Waals surface area (Å²) in [5.74, 6) is 0.133. The van der Waals surface area contributed by atoms with Gasteiger partial charge >= 0.3 is 0 Å². The van der Waals surface area contributed by atoms with Crippen molar-refractivity contribution in [3.8, 4) is 11.5 Å². The molecule has 0 spiro atoms. The fourth-order valence-electron chi connectivity index (χ4n) is 5.42. The first-order valence-corrected chi connectivity index (χ1v) is 11.5. The molecule has 4 aliphatic rings. The van der Waals surface area contributed by atoms with Gasteiger partial charge in [-0.3, -0.25) is 9.59 Å². The molecule has 6 rings (SSSR count). The van der Waals surface area contributed by atoms with Crippen LogP contribution in [-0.2, 0) is 9.59 Å². The van der Waals surface area contributed by atoms with Gasteiger partial charge in [-0.1, -0.05) is 23.2 Å². The number of hydrogen-bond acceptors (Lipinski definition) is 5. The summed E-state index contributed by atoms with van der Waals surface area (Å²) in [6.45, 7) is 0.315. The maximum atomic E-state index is 13.5. The minimum atomic E-state index is -0.608. The monoisotopic (exact) mass is 492 g/mol. The molecule has 1 aliphatic heterocycles. The van der Waals surface area contributed by atoms with E-state index in [9.17, 15) is 14.0 Å². The molecule has 1 amide bonds. The van der Waals surface area contributed by atoms with Gasteiger partial charge < -0.3 is 19.7 Å². The Balaban J connectivity index is 1.10. The zero-order valence-corrected chi connectivity index (χ0v) is 19.5. The van der Waals surface area contributed by atoms with Crippen LogP contribution in [0, 0.1) is 11.2 Å². The van der Waals surface area contributed by atoms with Crippen LogP contribution in [0.25, 0.3) is 0 Å². The van der Waals surface area contributed by atoms with Crippen molar-refractivity contribution < 1.29 is 23.5 Å². The molecule has 1 atom stereocenters. The molecular formula is C24H23Cl2FN2O4. The lowest BCUT2D eigenvalue weighted by Gasteiger charge is -2.70. The Bertz CT molecular complexity index is 1120. The zero-order valence-electron chi connectivity index (χ0n) is 18.0. The van der Waals surface area contributed by atoms with Crippen molar-refractivity contribution in [1.29, 1.82) is 0 Å².